The van der Waals surface area contributed by atoms with E-state index in [4.69, 9.17) is 0 Å². The molecule has 0 spiro atoms. The summed E-state index contributed by atoms with van der Waals surface area (Å²) in [6.07, 6.45) is 4.79. The second-order valence-corrected chi connectivity index (χ2v) is 4.79. The van der Waals surface area contributed by atoms with Gasteiger partial charge in [-0.3, -0.25) is 4.90 Å². The molecule has 1 aromatic rings. The number of hydrogen-bond acceptors (Lipinski definition) is 2. The third-order valence-electron chi connectivity index (χ3n) is 3.00. The van der Waals surface area contributed by atoms with Gasteiger partial charge in [0, 0.05) is 10.9 Å². The Morgan fingerprint density at radius 1 is 1.43 bits per heavy atom. The second-order valence-electron chi connectivity index (χ2n) is 3.92. The molecule has 14 heavy (non-hydrogen) atoms. The lowest BCUT2D eigenvalue weighted by Gasteiger charge is -2.20. The van der Waals surface area contributed by atoms with Crippen molar-refractivity contribution in [3.05, 3.63) is 29.8 Å². The zero-order chi connectivity index (χ0) is 9.97. The van der Waals surface area contributed by atoms with Crippen molar-refractivity contribution in [1.82, 2.24) is 4.90 Å². The highest BCUT2D eigenvalue weighted by atomic mass is 32.2. The minimum Gasteiger partial charge on any atom is -0.299 e. The smallest absolute Gasteiger partial charge is 0.0345 e. The van der Waals surface area contributed by atoms with E-state index in [9.17, 15) is 0 Å². The molecule has 1 aromatic carbocycles. The molecule has 1 saturated heterocycles. The summed E-state index contributed by atoms with van der Waals surface area (Å²) in [5, 5.41) is 0. The summed E-state index contributed by atoms with van der Waals surface area (Å²) < 4.78 is 0. The standard InChI is InChI=1S/C12H17NS/c1-13-8-4-7-12(13)10-5-3-6-11(9-10)14-2/h3,5-6,9,12H,4,7-8H2,1-2H3. The van der Waals surface area contributed by atoms with Crippen molar-refractivity contribution in [3.8, 4) is 0 Å². The number of hydrogen-bond donors (Lipinski definition) is 0. The Labute approximate surface area is 90.5 Å². The highest BCUT2D eigenvalue weighted by molar-refractivity contribution is 7.98. The maximum absolute atomic E-state index is 2.46. The number of rotatable bonds is 2. The van der Waals surface area contributed by atoms with Crippen LogP contribution in [0.2, 0.25) is 0 Å². The van der Waals surface area contributed by atoms with Crippen molar-refractivity contribution in [3.63, 3.8) is 0 Å². The minimum absolute atomic E-state index is 0.655. The minimum atomic E-state index is 0.655. The van der Waals surface area contributed by atoms with E-state index in [-0.39, 0.29) is 0 Å². The SMILES string of the molecule is CSc1cccc(C2CCCN2C)c1. The summed E-state index contributed by atoms with van der Waals surface area (Å²) in [4.78, 5) is 3.84. The average Bonchev–Trinajstić information content (AvgIpc) is 2.65. The third kappa shape index (κ3) is 1.96. The first-order valence-electron chi connectivity index (χ1n) is 5.15. The Kier molecular flexibility index (Phi) is 3.14. The van der Waals surface area contributed by atoms with Gasteiger partial charge in [0.05, 0.1) is 0 Å². The number of nitrogens with zero attached hydrogens (tertiary/aromatic N) is 1. The summed E-state index contributed by atoms with van der Waals surface area (Å²) in [6.45, 7) is 1.24. The fraction of sp³-hybridized carbons (Fsp3) is 0.500. The van der Waals surface area contributed by atoms with Crippen molar-refractivity contribution in [2.24, 2.45) is 0 Å². The number of thioether (sulfide) groups is 1. The lowest BCUT2D eigenvalue weighted by molar-refractivity contribution is 0.317. The Hall–Kier alpha value is -0.470. The molecular formula is C12H17NS. The van der Waals surface area contributed by atoms with Gasteiger partial charge in [-0.25, -0.2) is 0 Å². The second kappa shape index (κ2) is 4.37. The van der Waals surface area contributed by atoms with Crippen molar-refractivity contribution >= 4 is 11.8 Å². The van der Waals surface area contributed by atoms with Gasteiger partial charge in [-0.1, -0.05) is 12.1 Å². The van der Waals surface area contributed by atoms with Crippen LogP contribution in [0.3, 0.4) is 0 Å². The lowest BCUT2D eigenvalue weighted by atomic mass is 10.1. The highest BCUT2D eigenvalue weighted by Gasteiger charge is 2.22. The molecule has 1 atom stereocenters. The van der Waals surface area contributed by atoms with E-state index in [1.165, 1.54) is 29.8 Å². The average molecular weight is 207 g/mol. The summed E-state index contributed by atoms with van der Waals surface area (Å²) in [5.41, 5.74) is 1.48. The van der Waals surface area contributed by atoms with Gasteiger partial charge in [-0.15, -0.1) is 11.8 Å². The van der Waals surface area contributed by atoms with Gasteiger partial charge in [0.15, 0.2) is 0 Å². The van der Waals surface area contributed by atoms with Crippen molar-refractivity contribution in [2.75, 3.05) is 19.8 Å². The normalized spacial score (nSPS) is 22.9. The van der Waals surface area contributed by atoms with E-state index in [0.717, 1.165) is 0 Å². The Balaban J connectivity index is 2.22. The zero-order valence-corrected chi connectivity index (χ0v) is 9.68. The number of benzene rings is 1. The van der Waals surface area contributed by atoms with Crippen molar-refractivity contribution in [1.29, 1.82) is 0 Å². The maximum Gasteiger partial charge on any atom is 0.0345 e. The molecule has 0 aliphatic carbocycles. The molecule has 2 rings (SSSR count). The van der Waals surface area contributed by atoms with Crippen LogP contribution in [0, 0.1) is 0 Å². The third-order valence-corrected chi connectivity index (χ3v) is 3.72. The molecule has 0 N–H and O–H groups in total. The van der Waals surface area contributed by atoms with Gasteiger partial charge in [0.2, 0.25) is 0 Å². The van der Waals surface area contributed by atoms with Crippen LogP contribution in [0.25, 0.3) is 0 Å². The Morgan fingerprint density at radius 3 is 2.93 bits per heavy atom. The summed E-state index contributed by atoms with van der Waals surface area (Å²) in [6, 6.07) is 9.60. The highest BCUT2D eigenvalue weighted by Crippen LogP contribution is 2.31. The summed E-state index contributed by atoms with van der Waals surface area (Å²) in [7, 11) is 2.23. The van der Waals surface area contributed by atoms with Crippen LogP contribution in [0.4, 0.5) is 0 Å². The molecular weight excluding hydrogens is 190 g/mol. The van der Waals surface area contributed by atoms with Crippen LogP contribution in [0.5, 0.6) is 0 Å². The molecule has 0 aromatic heterocycles. The van der Waals surface area contributed by atoms with E-state index in [1.54, 1.807) is 0 Å². The molecule has 1 unspecified atom stereocenters. The molecule has 1 aliphatic heterocycles. The molecule has 0 bridgehead atoms. The van der Waals surface area contributed by atoms with E-state index in [1.807, 2.05) is 11.8 Å². The summed E-state index contributed by atoms with van der Waals surface area (Å²) in [5.74, 6) is 0. The molecule has 1 nitrogen and oxygen atoms in total. The van der Waals surface area contributed by atoms with E-state index < -0.39 is 0 Å². The van der Waals surface area contributed by atoms with Crippen LogP contribution in [-0.2, 0) is 0 Å². The molecule has 2 heteroatoms. The van der Waals surface area contributed by atoms with Crippen LogP contribution in [0.15, 0.2) is 29.2 Å². The molecule has 0 saturated carbocycles. The molecule has 1 fully saturated rings. The van der Waals surface area contributed by atoms with Gasteiger partial charge < -0.3 is 0 Å². The van der Waals surface area contributed by atoms with Crippen LogP contribution in [0.1, 0.15) is 24.4 Å². The van der Waals surface area contributed by atoms with Gasteiger partial charge in [-0.05, 0) is 50.4 Å². The zero-order valence-electron chi connectivity index (χ0n) is 8.86. The number of likely N-dealkylation sites (tertiary alicyclic amines) is 1. The van der Waals surface area contributed by atoms with Crippen molar-refractivity contribution < 1.29 is 0 Å². The van der Waals surface area contributed by atoms with Gasteiger partial charge in [0.25, 0.3) is 0 Å². The largest absolute Gasteiger partial charge is 0.299 e. The van der Waals surface area contributed by atoms with Crippen LogP contribution >= 0.6 is 11.8 Å². The quantitative estimate of drug-likeness (QED) is 0.685. The molecule has 1 aliphatic rings. The molecule has 0 radical (unpaired) electrons. The van der Waals surface area contributed by atoms with E-state index in [0.29, 0.717) is 6.04 Å². The Morgan fingerprint density at radius 2 is 2.29 bits per heavy atom. The maximum atomic E-state index is 2.46. The van der Waals surface area contributed by atoms with Crippen LogP contribution < -0.4 is 0 Å². The fourth-order valence-electron chi connectivity index (χ4n) is 2.18. The lowest BCUT2D eigenvalue weighted by Crippen LogP contribution is -2.17. The first-order valence-corrected chi connectivity index (χ1v) is 6.38. The van der Waals surface area contributed by atoms with E-state index >= 15 is 0 Å². The van der Waals surface area contributed by atoms with E-state index in [2.05, 4.69) is 42.5 Å². The predicted molar refractivity (Wildman–Crippen MR) is 62.8 cm³/mol. The first kappa shape index (κ1) is 10.1. The predicted octanol–water partition coefficient (Wildman–Crippen LogP) is 3.18. The van der Waals surface area contributed by atoms with Gasteiger partial charge in [-0.2, -0.15) is 0 Å². The molecule has 76 valence electrons. The van der Waals surface area contributed by atoms with Gasteiger partial charge in [0.1, 0.15) is 0 Å². The van der Waals surface area contributed by atoms with Crippen LogP contribution in [-0.4, -0.2) is 24.7 Å². The molecule has 0 amide bonds. The summed E-state index contributed by atoms with van der Waals surface area (Å²) >= 11 is 1.82. The van der Waals surface area contributed by atoms with Gasteiger partial charge >= 0.3 is 0 Å². The monoisotopic (exact) mass is 207 g/mol. The fourth-order valence-corrected chi connectivity index (χ4v) is 2.65. The first-order chi connectivity index (χ1) is 6.81. The van der Waals surface area contributed by atoms with Crippen molar-refractivity contribution in [2.45, 2.75) is 23.8 Å². The Bertz CT molecular complexity index is 311. The molecule has 1 heterocycles. The topological polar surface area (TPSA) is 3.24 Å².